The van der Waals surface area contributed by atoms with Gasteiger partial charge in [-0.3, -0.25) is 0 Å². The molecule has 0 radical (unpaired) electrons. The Bertz CT molecular complexity index is 104. The van der Waals surface area contributed by atoms with Crippen molar-refractivity contribution >= 4 is 0 Å². The molecule has 0 amide bonds. The van der Waals surface area contributed by atoms with Gasteiger partial charge in [0.1, 0.15) is 0 Å². The highest BCUT2D eigenvalue weighted by atomic mass is 16.5. The van der Waals surface area contributed by atoms with Gasteiger partial charge >= 0.3 is 0 Å². The fourth-order valence-electron chi connectivity index (χ4n) is 1.22. The molecule has 3 heteroatoms. The number of hydrogen-bond donors (Lipinski definition) is 2. The third-order valence-electron chi connectivity index (χ3n) is 1.95. The second-order valence-electron chi connectivity index (χ2n) is 3.17. The average molecular weight is 159 g/mol. The molecular weight excluding hydrogens is 142 g/mol. The maximum Gasteiger partial charge on any atom is 0.0643 e. The van der Waals surface area contributed by atoms with E-state index in [4.69, 9.17) is 9.84 Å². The number of rotatable bonds is 5. The van der Waals surface area contributed by atoms with E-state index in [1.165, 1.54) is 0 Å². The number of hydrogen-bond acceptors (Lipinski definition) is 3. The summed E-state index contributed by atoms with van der Waals surface area (Å²) in [4.78, 5) is 0. The van der Waals surface area contributed by atoms with Crippen LogP contribution in [0.2, 0.25) is 0 Å². The maximum absolute atomic E-state index is 8.57. The zero-order valence-corrected chi connectivity index (χ0v) is 7.05. The van der Waals surface area contributed by atoms with Crippen LogP contribution in [-0.2, 0) is 4.74 Å². The molecule has 1 rings (SSSR count). The number of aliphatic hydroxyl groups excluding tert-OH is 1. The van der Waals surface area contributed by atoms with Gasteiger partial charge in [0.05, 0.1) is 19.3 Å². The minimum Gasteiger partial charge on any atom is -0.396 e. The lowest BCUT2D eigenvalue weighted by Gasteiger charge is -2.30. The van der Waals surface area contributed by atoms with Crippen molar-refractivity contribution in [2.24, 2.45) is 0 Å². The van der Waals surface area contributed by atoms with E-state index in [1.54, 1.807) is 0 Å². The van der Waals surface area contributed by atoms with Crippen LogP contribution in [0.25, 0.3) is 0 Å². The molecule has 0 spiro atoms. The summed E-state index contributed by atoms with van der Waals surface area (Å²) in [6, 6.07) is 1.07. The Morgan fingerprint density at radius 3 is 2.82 bits per heavy atom. The summed E-state index contributed by atoms with van der Waals surface area (Å²) >= 11 is 0. The van der Waals surface area contributed by atoms with E-state index in [0.29, 0.717) is 18.7 Å². The quantitative estimate of drug-likeness (QED) is 0.599. The molecule has 0 aromatic carbocycles. The second kappa shape index (κ2) is 4.70. The van der Waals surface area contributed by atoms with Gasteiger partial charge in [-0.15, -0.1) is 0 Å². The van der Waals surface area contributed by atoms with Crippen molar-refractivity contribution in [1.29, 1.82) is 0 Å². The van der Waals surface area contributed by atoms with Gasteiger partial charge in [0, 0.05) is 12.6 Å². The summed E-state index contributed by atoms with van der Waals surface area (Å²) in [5, 5.41) is 12.0. The molecule has 1 fully saturated rings. The SMILES string of the molecule is CC(CCCO)NC1COC1. The molecule has 11 heavy (non-hydrogen) atoms. The zero-order valence-electron chi connectivity index (χ0n) is 7.05. The van der Waals surface area contributed by atoms with Crippen LogP contribution in [0.4, 0.5) is 0 Å². The van der Waals surface area contributed by atoms with E-state index >= 15 is 0 Å². The minimum absolute atomic E-state index is 0.299. The highest BCUT2D eigenvalue weighted by molar-refractivity contribution is 4.76. The van der Waals surface area contributed by atoms with E-state index in [2.05, 4.69) is 12.2 Å². The number of nitrogens with one attached hydrogen (secondary N) is 1. The Hall–Kier alpha value is -0.120. The molecule has 3 nitrogen and oxygen atoms in total. The standard InChI is InChI=1S/C8H17NO2/c1-7(3-2-4-10)9-8-5-11-6-8/h7-10H,2-6H2,1H3. The Labute approximate surface area is 67.7 Å². The molecule has 0 aliphatic carbocycles. The van der Waals surface area contributed by atoms with Crippen molar-refractivity contribution in [1.82, 2.24) is 5.32 Å². The molecule has 0 aromatic rings. The lowest BCUT2D eigenvalue weighted by atomic mass is 10.1. The zero-order chi connectivity index (χ0) is 8.10. The molecule has 1 atom stereocenters. The van der Waals surface area contributed by atoms with E-state index < -0.39 is 0 Å². The second-order valence-corrected chi connectivity index (χ2v) is 3.17. The van der Waals surface area contributed by atoms with E-state index in [-0.39, 0.29) is 0 Å². The van der Waals surface area contributed by atoms with Gasteiger partial charge in [0.15, 0.2) is 0 Å². The highest BCUT2D eigenvalue weighted by Gasteiger charge is 2.19. The third-order valence-corrected chi connectivity index (χ3v) is 1.95. The van der Waals surface area contributed by atoms with Gasteiger partial charge in [-0.1, -0.05) is 0 Å². The lowest BCUT2D eigenvalue weighted by molar-refractivity contribution is -0.00971. The van der Waals surface area contributed by atoms with Crippen LogP contribution in [0.5, 0.6) is 0 Å². The summed E-state index contributed by atoms with van der Waals surface area (Å²) in [6.07, 6.45) is 1.94. The highest BCUT2D eigenvalue weighted by Crippen LogP contribution is 2.03. The van der Waals surface area contributed by atoms with Gasteiger partial charge in [-0.05, 0) is 19.8 Å². The molecule has 1 aliphatic rings. The Morgan fingerprint density at radius 1 is 1.64 bits per heavy atom. The van der Waals surface area contributed by atoms with E-state index in [0.717, 1.165) is 26.1 Å². The predicted octanol–water partition coefficient (Wildman–Crippen LogP) is 0.136. The molecule has 1 saturated heterocycles. The molecule has 1 aliphatic heterocycles. The molecule has 1 unspecified atom stereocenters. The van der Waals surface area contributed by atoms with Crippen LogP contribution in [-0.4, -0.2) is 37.0 Å². The third kappa shape index (κ3) is 3.18. The van der Waals surface area contributed by atoms with Gasteiger partial charge < -0.3 is 15.2 Å². The normalized spacial score (nSPS) is 21.3. The fourth-order valence-corrected chi connectivity index (χ4v) is 1.22. The van der Waals surface area contributed by atoms with Crippen molar-refractivity contribution in [2.45, 2.75) is 31.8 Å². The summed E-state index contributed by atoms with van der Waals surface area (Å²) in [5.41, 5.74) is 0. The fraction of sp³-hybridized carbons (Fsp3) is 1.00. The van der Waals surface area contributed by atoms with Gasteiger partial charge in [0.25, 0.3) is 0 Å². The molecule has 0 aromatic heterocycles. The van der Waals surface area contributed by atoms with Crippen molar-refractivity contribution in [3.8, 4) is 0 Å². The van der Waals surface area contributed by atoms with Crippen LogP contribution in [0, 0.1) is 0 Å². The molecule has 66 valence electrons. The van der Waals surface area contributed by atoms with Gasteiger partial charge in [0.2, 0.25) is 0 Å². The van der Waals surface area contributed by atoms with Crippen molar-refractivity contribution in [2.75, 3.05) is 19.8 Å². The first kappa shape index (κ1) is 8.97. The van der Waals surface area contributed by atoms with Crippen LogP contribution in [0.15, 0.2) is 0 Å². The lowest BCUT2D eigenvalue weighted by Crippen LogP contribution is -2.49. The molecule has 0 saturated carbocycles. The summed E-state index contributed by atoms with van der Waals surface area (Å²) in [5.74, 6) is 0. The molecule has 2 N–H and O–H groups in total. The summed E-state index contributed by atoms with van der Waals surface area (Å²) in [6.45, 7) is 4.15. The van der Waals surface area contributed by atoms with Crippen LogP contribution in [0.1, 0.15) is 19.8 Å². The molecule has 1 heterocycles. The van der Waals surface area contributed by atoms with Crippen LogP contribution >= 0.6 is 0 Å². The van der Waals surface area contributed by atoms with Gasteiger partial charge in [-0.25, -0.2) is 0 Å². The Morgan fingerprint density at radius 2 is 2.36 bits per heavy atom. The number of ether oxygens (including phenoxy) is 1. The number of aliphatic hydroxyl groups is 1. The van der Waals surface area contributed by atoms with E-state index in [9.17, 15) is 0 Å². The van der Waals surface area contributed by atoms with E-state index in [1.807, 2.05) is 0 Å². The molecule has 0 bridgehead atoms. The monoisotopic (exact) mass is 159 g/mol. The Kier molecular flexibility index (Phi) is 3.83. The van der Waals surface area contributed by atoms with Crippen LogP contribution in [0.3, 0.4) is 0 Å². The first-order valence-electron chi connectivity index (χ1n) is 4.27. The van der Waals surface area contributed by atoms with Crippen molar-refractivity contribution < 1.29 is 9.84 Å². The molecular formula is C8H17NO2. The first-order chi connectivity index (χ1) is 5.33. The smallest absolute Gasteiger partial charge is 0.0643 e. The topological polar surface area (TPSA) is 41.5 Å². The Balaban J connectivity index is 1.95. The van der Waals surface area contributed by atoms with Crippen molar-refractivity contribution in [3.05, 3.63) is 0 Å². The van der Waals surface area contributed by atoms with Gasteiger partial charge in [-0.2, -0.15) is 0 Å². The van der Waals surface area contributed by atoms with Crippen LogP contribution < -0.4 is 5.32 Å². The summed E-state index contributed by atoms with van der Waals surface area (Å²) < 4.78 is 5.03. The largest absolute Gasteiger partial charge is 0.396 e. The van der Waals surface area contributed by atoms with Crippen molar-refractivity contribution in [3.63, 3.8) is 0 Å². The first-order valence-corrected chi connectivity index (χ1v) is 4.27. The summed E-state index contributed by atoms with van der Waals surface area (Å²) in [7, 11) is 0. The average Bonchev–Trinajstić information content (AvgIpc) is 1.93. The minimum atomic E-state index is 0.299. The maximum atomic E-state index is 8.57. The predicted molar refractivity (Wildman–Crippen MR) is 43.5 cm³/mol.